The topological polar surface area (TPSA) is 26.3 Å². The van der Waals surface area contributed by atoms with Gasteiger partial charge in [-0.05, 0) is 17.5 Å². The standard InChI is InChI=1S/C12H14O2/c1-8(2)11-7-9-5-3-4-6-10(9)12(13)14-11/h3-6,8,11H,7H2,1-2H3/t11-/m0/s1. The highest BCUT2D eigenvalue weighted by atomic mass is 16.5. The van der Waals surface area contributed by atoms with Gasteiger partial charge in [-0.3, -0.25) is 0 Å². The van der Waals surface area contributed by atoms with Crippen LogP contribution < -0.4 is 0 Å². The summed E-state index contributed by atoms with van der Waals surface area (Å²) < 4.78 is 5.34. The van der Waals surface area contributed by atoms with E-state index in [9.17, 15) is 4.79 Å². The molecule has 1 heterocycles. The minimum Gasteiger partial charge on any atom is -0.458 e. The third-order valence-electron chi connectivity index (χ3n) is 2.66. The SMILES string of the molecule is CC(C)[C@@H]1Cc2ccccc2C(=O)O1. The van der Waals surface area contributed by atoms with E-state index in [1.165, 1.54) is 0 Å². The first kappa shape index (κ1) is 9.25. The van der Waals surface area contributed by atoms with E-state index in [0.29, 0.717) is 5.92 Å². The normalized spacial score (nSPS) is 20.5. The predicted molar refractivity (Wildman–Crippen MR) is 54.2 cm³/mol. The molecule has 0 saturated heterocycles. The number of fused-ring (bicyclic) bond motifs is 1. The molecule has 0 amide bonds. The number of ether oxygens (including phenoxy) is 1. The van der Waals surface area contributed by atoms with Crippen LogP contribution in [0.25, 0.3) is 0 Å². The van der Waals surface area contributed by atoms with Gasteiger partial charge in [0.2, 0.25) is 0 Å². The van der Waals surface area contributed by atoms with Gasteiger partial charge in [-0.15, -0.1) is 0 Å². The Balaban J connectivity index is 2.33. The Morgan fingerprint density at radius 3 is 2.79 bits per heavy atom. The van der Waals surface area contributed by atoms with Gasteiger partial charge in [-0.2, -0.15) is 0 Å². The van der Waals surface area contributed by atoms with Crippen molar-refractivity contribution in [2.75, 3.05) is 0 Å². The molecule has 0 unspecified atom stereocenters. The highest BCUT2D eigenvalue weighted by molar-refractivity contribution is 5.92. The molecule has 2 rings (SSSR count). The fourth-order valence-corrected chi connectivity index (χ4v) is 1.73. The Kier molecular flexibility index (Phi) is 2.28. The number of cyclic esters (lactones) is 1. The van der Waals surface area contributed by atoms with Gasteiger partial charge in [0.05, 0.1) is 5.56 Å². The zero-order chi connectivity index (χ0) is 10.1. The van der Waals surface area contributed by atoms with Crippen molar-refractivity contribution in [1.82, 2.24) is 0 Å². The minimum atomic E-state index is -0.175. The molecule has 1 aromatic rings. The molecule has 0 N–H and O–H groups in total. The van der Waals surface area contributed by atoms with E-state index in [4.69, 9.17) is 4.74 Å². The van der Waals surface area contributed by atoms with E-state index in [1.807, 2.05) is 24.3 Å². The van der Waals surface area contributed by atoms with Gasteiger partial charge in [0.1, 0.15) is 6.10 Å². The number of esters is 1. The van der Waals surface area contributed by atoms with Crippen LogP contribution in [0.15, 0.2) is 24.3 Å². The van der Waals surface area contributed by atoms with E-state index in [0.717, 1.165) is 17.5 Å². The molecular weight excluding hydrogens is 176 g/mol. The summed E-state index contributed by atoms with van der Waals surface area (Å²) >= 11 is 0. The second-order valence-electron chi connectivity index (χ2n) is 4.05. The third-order valence-corrected chi connectivity index (χ3v) is 2.66. The highest BCUT2D eigenvalue weighted by Gasteiger charge is 2.27. The van der Waals surface area contributed by atoms with Crippen LogP contribution in [0.1, 0.15) is 29.8 Å². The van der Waals surface area contributed by atoms with Crippen LogP contribution >= 0.6 is 0 Å². The van der Waals surface area contributed by atoms with Crippen molar-refractivity contribution in [3.05, 3.63) is 35.4 Å². The smallest absolute Gasteiger partial charge is 0.338 e. The van der Waals surface area contributed by atoms with E-state index in [-0.39, 0.29) is 12.1 Å². The lowest BCUT2D eigenvalue weighted by atomic mass is 9.93. The first-order chi connectivity index (χ1) is 6.68. The minimum absolute atomic E-state index is 0.0393. The largest absolute Gasteiger partial charge is 0.458 e. The number of benzene rings is 1. The molecule has 0 aromatic heterocycles. The van der Waals surface area contributed by atoms with Crippen molar-refractivity contribution in [3.8, 4) is 0 Å². The first-order valence-electron chi connectivity index (χ1n) is 4.97. The number of hydrogen-bond acceptors (Lipinski definition) is 2. The van der Waals surface area contributed by atoms with Crippen molar-refractivity contribution in [2.45, 2.75) is 26.4 Å². The quantitative estimate of drug-likeness (QED) is 0.636. The molecular formula is C12H14O2. The van der Waals surface area contributed by atoms with Gasteiger partial charge in [0.15, 0.2) is 0 Å². The maximum Gasteiger partial charge on any atom is 0.338 e. The molecule has 1 aromatic carbocycles. The molecule has 2 heteroatoms. The van der Waals surface area contributed by atoms with Gasteiger partial charge in [0.25, 0.3) is 0 Å². The molecule has 2 nitrogen and oxygen atoms in total. The fraction of sp³-hybridized carbons (Fsp3) is 0.417. The van der Waals surface area contributed by atoms with Crippen molar-refractivity contribution in [2.24, 2.45) is 5.92 Å². The van der Waals surface area contributed by atoms with Crippen molar-refractivity contribution in [1.29, 1.82) is 0 Å². The Morgan fingerprint density at radius 2 is 2.07 bits per heavy atom. The molecule has 0 aliphatic carbocycles. The monoisotopic (exact) mass is 190 g/mol. The van der Waals surface area contributed by atoms with E-state index >= 15 is 0 Å². The van der Waals surface area contributed by atoms with Gasteiger partial charge in [-0.25, -0.2) is 4.79 Å². The van der Waals surface area contributed by atoms with Crippen LogP contribution in [0.4, 0.5) is 0 Å². The molecule has 0 fully saturated rings. The lowest BCUT2D eigenvalue weighted by Gasteiger charge is -2.27. The molecule has 0 bridgehead atoms. The van der Waals surface area contributed by atoms with Crippen LogP contribution in [0.3, 0.4) is 0 Å². The molecule has 74 valence electrons. The molecule has 14 heavy (non-hydrogen) atoms. The second-order valence-corrected chi connectivity index (χ2v) is 4.05. The summed E-state index contributed by atoms with van der Waals surface area (Å²) in [6.07, 6.45) is 0.886. The van der Waals surface area contributed by atoms with E-state index < -0.39 is 0 Å². The maximum absolute atomic E-state index is 11.6. The summed E-state index contributed by atoms with van der Waals surface area (Å²) in [5.74, 6) is 0.206. The van der Waals surface area contributed by atoms with Crippen LogP contribution in [0.5, 0.6) is 0 Å². The Morgan fingerprint density at radius 1 is 1.36 bits per heavy atom. The number of carbonyl (C=O) groups is 1. The zero-order valence-corrected chi connectivity index (χ0v) is 8.49. The molecule has 0 spiro atoms. The second kappa shape index (κ2) is 3.45. The molecule has 1 aliphatic rings. The number of rotatable bonds is 1. The summed E-state index contributed by atoms with van der Waals surface area (Å²) in [6, 6.07) is 7.67. The molecule has 0 saturated carbocycles. The molecule has 0 radical (unpaired) electrons. The lowest BCUT2D eigenvalue weighted by molar-refractivity contribution is 0.0136. The van der Waals surface area contributed by atoms with Gasteiger partial charge < -0.3 is 4.74 Å². The van der Waals surface area contributed by atoms with Crippen molar-refractivity contribution < 1.29 is 9.53 Å². The first-order valence-corrected chi connectivity index (χ1v) is 4.97. The third kappa shape index (κ3) is 1.52. The van der Waals surface area contributed by atoms with Crippen LogP contribution in [-0.2, 0) is 11.2 Å². The predicted octanol–water partition coefficient (Wildman–Crippen LogP) is 2.42. The molecule has 1 atom stereocenters. The summed E-state index contributed by atoms with van der Waals surface area (Å²) in [4.78, 5) is 11.6. The lowest BCUT2D eigenvalue weighted by Crippen LogP contribution is -2.31. The van der Waals surface area contributed by atoms with Crippen molar-refractivity contribution >= 4 is 5.97 Å². The highest BCUT2D eigenvalue weighted by Crippen LogP contribution is 2.23. The summed E-state index contributed by atoms with van der Waals surface area (Å²) in [5, 5.41) is 0. The maximum atomic E-state index is 11.6. The van der Waals surface area contributed by atoms with E-state index in [1.54, 1.807) is 0 Å². The fourth-order valence-electron chi connectivity index (χ4n) is 1.73. The average Bonchev–Trinajstić information content (AvgIpc) is 2.17. The summed E-state index contributed by atoms with van der Waals surface area (Å²) in [6.45, 7) is 4.15. The van der Waals surface area contributed by atoms with Gasteiger partial charge >= 0.3 is 5.97 Å². The number of carbonyl (C=O) groups excluding carboxylic acids is 1. The Hall–Kier alpha value is -1.31. The van der Waals surface area contributed by atoms with Crippen LogP contribution in [0, 0.1) is 5.92 Å². The zero-order valence-electron chi connectivity index (χ0n) is 8.49. The van der Waals surface area contributed by atoms with Crippen molar-refractivity contribution in [3.63, 3.8) is 0 Å². The Labute approximate surface area is 83.9 Å². The molecule has 1 aliphatic heterocycles. The van der Waals surface area contributed by atoms with E-state index in [2.05, 4.69) is 13.8 Å². The number of hydrogen-bond donors (Lipinski definition) is 0. The summed E-state index contributed by atoms with van der Waals surface area (Å²) in [7, 11) is 0. The van der Waals surface area contributed by atoms with Gasteiger partial charge in [-0.1, -0.05) is 32.0 Å². The average molecular weight is 190 g/mol. The van der Waals surface area contributed by atoms with Crippen LogP contribution in [0.2, 0.25) is 0 Å². The van der Waals surface area contributed by atoms with Gasteiger partial charge in [0, 0.05) is 6.42 Å². The van der Waals surface area contributed by atoms with Crippen LogP contribution in [-0.4, -0.2) is 12.1 Å². The Bertz CT molecular complexity index is 355. The summed E-state index contributed by atoms with van der Waals surface area (Å²) in [5.41, 5.74) is 1.84.